The van der Waals surface area contributed by atoms with Gasteiger partial charge in [-0.1, -0.05) is 24.6 Å². The molecule has 0 radical (unpaired) electrons. The van der Waals surface area contributed by atoms with Crippen molar-refractivity contribution in [2.75, 3.05) is 19.6 Å². The second-order valence-electron chi connectivity index (χ2n) is 7.47. The molecule has 1 fully saturated rings. The van der Waals surface area contributed by atoms with Gasteiger partial charge in [-0.25, -0.2) is 8.42 Å². The van der Waals surface area contributed by atoms with Crippen LogP contribution >= 0.6 is 0 Å². The summed E-state index contributed by atoms with van der Waals surface area (Å²) in [6, 6.07) is 11.8. The largest absolute Gasteiger partial charge is 0.508 e. The molecule has 7 heteroatoms. The Kier molecular flexibility index (Phi) is 6.92. The number of amides is 1. The quantitative estimate of drug-likeness (QED) is 0.679. The standard InChI is InChI=1S/C22H28N2O4S/c1-17-7-12-20(29(27,28)24-14-3-2-4-15-24)16-21(17)22(26)23-13-5-6-18-8-10-19(25)11-9-18/h7-12,16,25H,2-6,13-15H2,1H3,(H,23,26). The molecule has 0 unspecified atom stereocenters. The Bertz CT molecular complexity index is 949. The van der Waals surface area contributed by atoms with Crippen molar-refractivity contribution in [3.8, 4) is 5.75 Å². The number of nitrogens with zero attached hydrogens (tertiary/aromatic N) is 1. The van der Waals surface area contributed by atoms with Gasteiger partial charge < -0.3 is 10.4 Å². The lowest BCUT2D eigenvalue weighted by molar-refractivity contribution is 0.0952. The number of nitrogens with one attached hydrogen (secondary N) is 1. The highest BCUT2D eigenvalue weighted by Crippen LogP contribution is 2.23. The molecule has 1 saturated heterocycles. The summed E-state index contributed by atoms with van der Waals surface area (Å²) in [5.74, 6) is -0.0270. The number of sulfonamides is 1. The van der Waals surface area contributed by atoms with Crippen molar-refractivity contribution in [3.63, 3.8) is 0 Å². The van der Waals surface area contributed by atoms with E-state index in [2.05, 4.69) is 5.32 Å². The van der Waals surface area contributed by atoms with E-state index < -0.39 is 10.0 Å². The summed E-state index contributed by atoms with van der Waals surface area (Å²) in [4.78, 5) is 12.8. The smallest absolute Gasteiger partial charge is 0.251 e. The van der Waals surface area contributed by atoms with Crippen molar-refractivity contribution in [2.24, 2.45) is 0 Å². The van der Waals surface area contributed by atoms with Crippen LogP contribution < -0.4 is 5.32 Å². The summed E-state index contributed by atoms with van der Waals surface area (Å²) < 4.78 is 27.3. The number of hydrogen-bond acceptors (Lipinski definition) is 4. The van der Waals surface area contributed by atoms with Gasteiger partial charge in [0.05, 0.1) is 4.90 Å². The lowest BCUT2D eigenvalue weighted by atomic mass is 10.1. The molecule has 29 heavy (non-hydrogen) atoms. The average molecular weight is 417 g/mol. The third-order valence-corrected chi connectivity index (χ3v) is 7.17. The average Bonchev–Trinajstić information content (AvgIpc) is 2.73. The molecule has 2 aromatic rings. The predicted molar refractivity (Wildman–Crippen MR) is 113 cm³/mol. The van der Waals surface area contributed by atoms with Crippen LogP contribution in [-0.4, -0.2) is 43.4 Å². The zero-order valence-electron chi connectivity index (χ0n) is 16.7. The van der Waals surface area contributed by atoms with Gasteiger partial charge in [-0.15, -0.1) is 0 Å². The van der Waals surface area contributed by atoms with Crippen LogP contribution in [0.25, 0.3) is 0 Å². The van der Waals surface area contributed by atoms with Gasteiger partial charge in [0, 0.05) is 25.2 Å². The second-order valence-corrected chi connectivity index (χ2v) is 9.41. The van der Waals surface area contributed by atoms with Crippen molar-refractivity contribution >= 4 is 15.9 Å². The molecule has 0 saturated carbocycles. The molecule has 6 nitrogen and oxygen atoms in total. The maximum Gasteiger partial charge on any atom is 0.251 e. The van der Waals surface area contributed by atoms with Gasteiger partial charge in [0.1, 0.15) is 5.75 Å². The number of carbonyl (C=O) groups is 1. The first-order valence-electron chi connectivity index (χ1n) is 10.0. The van der Waals surface area contributed by atoms with E-state index in [0.29, 0.717) is 25.2 Å². The minimum absolute atomic E-state index is 0.180. The number of piperidine rings is 1. The summed E-state index contributed by atoms with van der Waals surface area (Å²) in [6.07, 6.45) is 4.33. The van der Waals surface area contributed by atoms with Crippen molar-refractivity contribution in [2.45, 2.75) is 43.9 Å². The van der Waals surface area contributed by atoms with E-state index >= 15 is 0 Å². The van der Waals surface area contributed by atoms with Crippen LogP contribution in [0, 0.1) is 6.92 Å². The van der Waals surface area contributed by atoms with Crippen molar-refractivity contribution < 1.29 is 18.3 Å². The van der Waals surface area contributed by atoms with Crippen LogP contribution in [0.15, 0.2) is 47.4 Å². The Morgan fingerprint density at radius 3 is 2.45 bits per heavy atom. The summed E-state index contributed by atoms with van der Waals surface area (Å²) in [5.41, 5.74) is 2.23. The molecular weight excluding hydrogens is 388 g/mol. The maximum absolute atomic E-state index is 12.9. The minimum atomic E-state index is -3.57. The van der Waals surface area contributed by atoms with Crippen molar-refractivity contribution in [1.82, 2.24) is 9.62 Å². The monoisotopic (exact) mass is 416 g/mol. The van der Waals surface area contributed by atoms with E-state index in [9.17, 15) is 18.3 Å². The highest BCUT2D eigenvalue weighted by molar-refractivity contribution is 7.89. The van der Waals surface area contributed by atoms with Gasteiger partial charge in [0.2, 0.25) is 10.0 Å². The fourth-order valence-electron chi connectivity index (χ4n) is 3.51. The van der Waals surface area contributed by atoms with E-state index in [1.165, 1.54) is 10.4 Å². The number of phenolic OH excluding ortho intramolecular Hbond substituents is 1. The number of benzene rings is 2. The van der Waals surface area contributed by atoms with Crippen molar-refractivity contribution in [3.05, 3.63) is 59.2 Å². The van der Waals surface area contributed by atoms with Gasteiger partial charge in [0.15, 0.2) is 0 Å². The highest BCUT2D eigenvalue weighted by atomic mass is 32.2. The number of carbonyl (C=O) groups excluding carboxylic acids is 1. The van der Waals surface area contributed by atoms with E-state index in [0.717, 1.165) is 43.2 Å². The third kappa shape index (κ3) is 5.36. The first-order valence-corrected chi connectivity index (χ1v) is 11.5. The molecule has 1 heterocycles. The first-order chi connectivity index (χ1) is 13.9. The van der Waals surface area contributed by atoms with E-state index in [-0.39, 0.29) is 16.6 Å². The van der Waals surface area contributed by atoms with Gasteiger partial charge in [-0.05, 0) is 68.0 Å². The SMILES string of the molecule is Cc1ccc(S(=O)(=O)N2CCCCC2)cc1C(=O)NCCCc1ccc(O)cc1. The predicted octanol–water partition coefficient (Wildman–Crippen LogP) is 3.24. The number of phenols is 1. The molecule has 2 aromatic carbocycles. The molecule has 1 amide bonds. The van der Waals surface area contributed by atoms with Gasteiger partial charge >= 0.3 is 0 Å². The zero-order chi connectivity index (χ0) is 20.9. The van der Waals surface area contributed by atoms with Crippen LogP contribution in [0.4, 0.5) is 0 Å². The number of hydrogen-bond donors (Lipinski definition) is 2. The molecule has 3 rings (SSSR count). The van der Waals surface area contributed by atoms with Crippen LogP contribution in [-0.2, 0) is 16.4 Å². The lowest BCUT2D eigenvalue weighted by Crippen LogP contribution is -2.35. The Labute approximate surface area is 172 Å². The molecular formula is C22H28N2O4S. The molecule has 0 spiro atoms. The van der Waals surface area contributed by atoms with Gasteiger partial charge in [-0.3, -0.25) is 4.79 Å². The summed E-state index contributed by atoms with van der Waals surface area (Å²) >= 11 is 0. The van der Waals surface area contributed by atoms with Crippen molar-refractivity contribution in [1.29, 1.82) is 0 Å². The summed E-state index contributed by atoms with van der Waals surface area (Å²) in [7, 11) is -3.57. The summed E-state index contributed by atoms with van der Waals surface area (Å²) in [5, 5.41) is 12.2. The lowest BCUT2D eigenvalue weighted by Gasteiger charge is -2.26. The molecule has 0 atom stereocenters. The van der Waals surface area contributed by atoms with Crippen LogP contribution in [0.1, 0.15) is 47.2 Å². The normalized spacial score (nSPS) is 15.2. The van der Waals surface area contributed by atoms with Crippen LogP contribution in [0.2, 0.25) is 0 Å². The highest BCUT2D eigenvalue weighted by Gasteiger charge is 2.27. The summed E-state index contributed by atoms with van der Waals surface area (Å²) in [6.45, 7) is 3.37. The first kappa shape index (κ1) is 21.3. The molecule has 0 bridgehead atoms. The third-order valence-electron chi connectivity index (χ3n) is 5.27. The Morgan fingerprint density at radius 1 is 1.07 bits per heavy atom. The maximum atomic E-state index is 12.9. The molecule has 0 aliphatic carbocycles. The minimum Gasteiger partial charge on any atom is -0.508 e. The number of aryl methyl sites for hydroxylation is 2. The molecule has 0 aromatic heterocycles. The van der Waals surface area contributed by atoms with Gasteiger partial charge in [-0.2, -0.15) is 4.31 Å². The van der Waals surface area contributed by atoms with Gasteiger partial charge in [0.25, 0.3) is 5.91 Å². The van der Waals surface area contributed by atoms with Crippen LogP contribution in [0.5, 0.6) is 5.75 Å². The van der Waals surface area contributed by atoms with E-state index in [1.807, 2.05) is 19.1 Å². The molecule has 2 N–H and O–H groups in total. The molecule has 156 valence electrons. The number of aromatic hydroxyl groups is 1. The number of rotatable bonds is 7. The fraction of sp³-hybridized carbons (Fsp3) is 0.409. The van der Waals surface area contributed by atoms with Crippen LogP contribution in [0.3, 0.4) is 0 Å². The van der Waals surface area contributed by atoms with E-state index in [1.54, 1.807) is 24.3 Å². The topological polar surface area (TPSA) is 86.7 Å². The Morgan fingerprint density at radius 2 is 1.76 bits per heavy atom. The molecule has 1 aliphatic rings. The van der Waals surface area contributed by atoms with E-state index in [4.69, 9.17) is 0 Å². The second kappa shape index (κ2) is 9.41. The Balaban J connectivity index is 1.62. The zero-order valence-corrected chi connectivity index (χ0v) is 17.5. The molecule has 1 aliphatic heterocycles. The fourth-order valence-corrected chi connectivity index (χ4v) is 5.06. The Hall–Kier alpha value is -2.38.